The second-order valence-electron chi connectivity index (χ2n) is 6.47. The Kier molecular flexibility index (Phi) is 4.81. The first-order valence-corrected chi connectivity index (χ1v) is 7.94. The first kappa shape index (κ1) is 16.1. The molecular formula is C16H22BrNO3. The molecule has 4 nitrogen and oxygen atoms in total. The molecule has 0 radical (unpaired) electrons. The van der Waals surface area contributed by atoms with E-state index in [1.54, 1.807) is 0 Å². The van der Waals surface area contributed by atoms with Crippen molar-refractivity contribution in [2.75, 3.05) is 0 Å². The molecule has 0 aromatic heterocycles. The largest absolute Gasteiger partial charge is 0.490 e. The number of benzene rings is 1. The third-order valence-electron chi connectivity index (χ3n) is 3.25. The van der Waals surface area contributed by atoms with Crippen molar-refractivity contribution in [2.24, 2.45) is 0 Å². The predicted octanol–water partition coefficient (Wildman–Crippen LogP) is 4.19. The molecule has 0 saturated heterocycles. The summed E-state index contributed by atoms with van der Waals surface area (Å²) in [5.74, 6) is 0.872. The molecule has 116 valence electrons. The fraction of sp³-hybridized carbons (Fsp3) is 0.562. The molecular weight excluding hydrogens is 334 g/mol. The summed E-state index contributed by atoms with van der Waals surface area (Å²) in [5, 5.41) is 2.86. The van der Waals surface area contributed by atoms with Gasteiger partial charge in [-0.15, -0.1) is 0 Å². The van der Waals surface area contributed by atoms with Crippen LogP contribution in [0.25, 0.3) is 0 Å². The fourth-order valence-corrected chi connectivity index (χ4v) is 2.38. The Hall–Kier alpha value is -1.23. The highest BCUT2D eigenvalue weighted by molar-refractivity contribution is 9.10. The molecule has 1 fully saturated rings. The topological polar surface area (TPSA) is 47.6 Å². The van der Waals surface area contributed by atoms with Crippen LogP contribution in [0.5, 0.6) is 5.75 Å². The van der Waals surface area contributed by atoms with Crippen LogP contribution < -0.4 is 10.1 Å². The number of nitrogens with one attached hydrogen (secondary N) is 1. The lowest BCUT2D eigenvalue weighted by Crippen LogP contribution is -2.50. The van der Waals surface area contributed by atoms with Gasteiger partial charge in [-0.05, 0) is 51.5 Å². The van der Waals surface area contributed by atoms with E-state index in [0.717, 1.165) is 28.6 Å². The van der Waals surface area contributed by atoms with Crippen LogP contribution in [0.1, 0.15) is 39.2 Å². The van der Waals surface area contributed by atoms with Gasteiger partial charge in [-0.25, -0.2) is 4.79 Å². The summed E-state index contributed by atoms with van der Waals surface area (Å²) in [6, 6.07) is 6.09. The summed E-state index contributed by atoms with van der Waals surface area (Å²) in [5.41, 5.74) is 0.689. The number of amides is 1. The third-order valence-corrected chi connectivity index (χ3v) is 4.14. The number of alkyl carbamates (subject to hydrolysis) is 1. The molecule has 1 aliphatic carbocycles. The predicted molar refractivity (Wildman–Crippen MR) is 85.7 cm³/mol. The standard InChI is InChI=1S/C16H22BrNO3/c1-10-7-12(5-6-14(10)17)20-13-8-11(9-13)18-15(19)21-16(2,3)4/h5-7,11,13H,8-9H2,1-4H3,(H,18,19)/t11-,13-. The highest BCUT2D eigenvalue weighted by Gasteiger charge is 2.33. The fourth-order valence-electron chi connectivity index (χ4n) is 2.14. The van der Waals surface area contributed by atoms with Crippen molar-refractivity contribution in [3.8, 4) is 5.75 Å². The van der Waals surface area contributed by atoms with E-state index in [9.17, 15) is 4.79 Å². The third kappa shape index (κ3) is 4.92. The highest BCUT2D eigenvalue weighted by Crippen LogP contribution is 2.28. The molecule has 1 aromatic rings. The molecule has 0 unspecified atom stereocenters. The van der Waals surface area contributed by atoms with Crippen molar-refractivity contribution < 1.29 is 14.3 Å². The minimum Gasteiger partial charge on any atom is -0.490 e. The first-order chi connectivity index (χ1) is 9.73. The minimum absolute atomic E-state index is 0.140. The quantitative estimate of drug-likeness (QED) is 0.883. The number of hydrogen-bond acceptors (Lipinski definition) is 3. The van der Waals surface area contributed by atoms with E-state index in [0.29, 0.717) is 0 Å². The summed E-state index contributed by atoms with van der Waals surface area (Å²) < 4.78 is 12.2. The average Bonchev–Trinajstić information content (AvgIpc) is 2.28. The van der Waals surface area contributed by atoms with Gasteiger partial charge < -0.3 is 14.8 Å². The van der Waals surface area contributed by atoms with Crippen molar-refractivity contribution in [2.45, 2.75) is 58.3 Å². The van der Waals surface area contributed by atoms with Crippen LogP contribution in [-0.2, 0) is 4.74 Å². The van der Waals surface area contributed by atoms with Crippen molar-refractivity contribution in [1.29, 1.82) is 0 Å². The monoisotopic (exact) mass is 355 g/mol. The lowest BCUT2D eigenvalue weighted by atomic mass is 9.89. The first-order valence-electron chi connectivity index (χ1n) is 7.15. The molecule has 0 spiro atoms. The Morgan fingerprint density at radius 2 is 2.00 bits per heavy atom. The Morgan fingerprint density at radius 3 is 2.57 bits per heavy atom. The number of hydrogen-bond donors (Lipinski definition) is 1. The number of carbonyl (C=O) groups is 1. The maximum Gasteiger partial charge on any atom is 0.407 e. The normalized spacial score (nSPS) is 21.4. The van der Waals surface area contributed by atoms with Crippen molar-refractivity contribution >= 4 is 22.0 Å². The lowest BCUT2D eigenvalue weighted by Gasteiger charge is -2.36. The molecule has 1 saturated carbocycles. The molecule has 0 heterocycles. The zero-order valence-corrected chi connectivity index (χ0v) is 14.5. The van der Waals surface area contributed by atoms with E-state index in [-0.39, 0.29) is 18.2 Å². The van der Waals surface area contributed by atoms with Gasteiger partial charge in [0.05, 0.1) is 0 Å². The van der Waals surface area contributed by atoms with E-state index in [4.69, 9.17) is 9.47 Å². The van der Waals surface area contributed by atoms with Crippen LogP contribution >= 0.6 is 15.9 Å². The van der Waals surface area contributed by atoms with Gasteiger partial charge in [0.15, 0.2) is 0 Å². The van der Waals surface area contributed by atoms with Gasteiger partial charge in [-0.3, -0.25) is 0 Å². The molecule has 1 amide bonds. The van der Waals surface area contributed by atoms with Gasteiger partial charge in [0.1, 0.15) is 17.5 Å². The number of aryl methyl sites for hydroxylation is 1. The van der Waals surface area contributed by atoms with Crippen molar-refractivity contribution in [1.82, 2.24) is 5.32 Å². The molecule has 0 aliphatic heterocycles. The number of rotatable bonds is 3. The van der Waals surface area contributed by atoms with Crippen LogP contribution in [0, 0.1) is 6.92 Å². The van der Waals surface area contributed by atoms with E-state index < -0.39 is 5.60 Å². The molecule has 2 rings (SSSR count). The minimum atomic E-state index is -0.460. The zero-order chi connectivity index (χ0) is 15.6. The van der Waals surface area contributed by atoms with Crippen LogP contribution in [0.3, 0.4) is 0 Å². The molecule has 1 aliphatic rings. The maximum atomic E-state index is 11.6. The molecule has 5 heteroatoms. The van der Waals surface area contributed by atoms with E-state index in [1.807, 2.05) is 45.9 Å². The zero-order valence-electron chi connectivity index (χ0n) is 12.9. The van der Waals surface area contributed by atoms with Crippen LogP contribution in [-0.4, -0.2) is 23.8 Å². The van der Waals surface area contributed by atoms with Crippen LogP contribution in [0.15, 0.2) is 22.7 Å². The Balaban J connectivity index is 1.74. The second-order valence-corrected chi connectivity index (χ2v) is 7.32. The molecule has 1 aromatic carbocycles. The van der Waals surface area contributed by atoms with E-state index in [2.05, 4.69) is 21.2 Å². The number of carbonyl (C=O) groups excluding carboxylic acids is 1. The molecule has 0 bridgehead atoms. The Labute approximate surface area is 134 Å². The SMILES string of the molecule is Cc1cc(O[C@H]2C[C@H](NC(=O)OC(C)(C)C)C2)ccc1Br. The summed E-state index contributed by atoms with van der Waals surface area (Å²) in [6.45, 7) is 7.60. The summed E-state index contributed by atoms with van der Waals surface area (Å²) in [7, 11) is 0. The summed E-state index contributed by atoms with van der Waals surface area (Å²) in [6.07, 6.45) is 1.43. The number of halogens is 1. The van der Waals surface area contributed by atoms with E-state index in [1.165, 1.54) is 0 Å². The van der Waals surface area contributed by atoms with Gasteiger partial charge in [-0.1, -0.05) is 15.9 Å². The van der Waals surface area contributed by atoms with Crippen LogP contribution in [0.4, 0.5) is 4.79 Å². The van der Waals surface area contributed by atoms with Crippen LogP contribution in [0.2, 0.25) is 0 Å². The van der Waals surface area contributed by atoms with Gasteiger partial charge in [0.25, 0.3) is 0 Å². The summed E-state index contributed by atoms with van der Waals surface area (Å²) >= 11 is 3.47. The second kappa shape index (κ2) is 6.26. The maximum absolute atomic E-state index is 11.6. The Bertz CT molecular complexity index is 519. The van der Waals surface area contributed by atoms with Gasteiger partial charge in [0.2, 0.25) is 0 Å². The number of ether oxygens (including phenoxy) is 2. The summed E-state index contributed by atoms with van der Waals surface area (Å²) in [4.78, 5) is 11.6. The van der Waals surface area contributed by atoms with Gasteiger partial charge in [-0.2, -0.15) is 0 Å². The highest BCUT2D eigenvalue weighted by atomic mass is 79.9. The van der Waals surface area contributed by atoms with Gasteiger partial charge >= 0.3 is 6.09 Å². The van der Waals surface area contributed by atoms with Gasteiger partial charge in [0, 0.05) is 23.4 Å². The van der Waals surface area contributed by atoms with E-state index >= 15 is 0 Å². The molecule has 0 atom stereocenters. The smallest absolute Gasteiger partial charge is 0.407 e. The van der Waals surface area contributed by atoms with Crippen molar-refractivity contribution in [3.05, 3.63) is 28.2 Å². The lowest BCUT2D eigenvalue weighted by molar-refractivity contribution is 0.0363. The molecule has 21 heavy (non-hydrogen) atoms. The molecule has 1 N–H and O–H groups in total. The average molecular weight is 356 g/mol. The Morgan fingerprint density at radius 1 is 1.33 bits per heavy atom. The van der Waals surface area contributed by atoms with Crippen molar-refractivity contribution in [3.63, 3.8) is 0 Å².